The third-order valence-corrected chi connectivity index (χ3v) is 7.82. The molecule has 0 radical (unpaired) electrons. The highest BCUT2D eigenvalue weighted by molar-refractivity contribution is 7.92. The number of aromatic nitrogens is 2. The predicted molar refractivity (Wildman–Crippen MR) is 131 cm³/mol. The minimum Gasteiger partial charge on any atom is -0.352 e. The monoisotopic (exact) mass is 512 g/mol. The largest absolute Gasteiger partial charge is 0.352 e. The number of carbonyl (C=O) groups excluding carboxylic acids is 2. The number of pyridine rings is 1. The van der Waals surface area contributed by atoms with Crippen molar-refractivity contribution in [2.75, 3.05) is 17.0 Å². The molecule has 1 amide bonds. The molecule has 3 heterocycles. The van der Waals surface area contributed by atoms with Crippen molar-refractivity contribution in [3.63, 3.8) is 0 Å². The number of ketones is 1. The van der Waals surface area contributed by atoms with Crippen molar-refractivity contribution in [2.45, 2.75) is 19.8 Å². The number of nitrogens with zero attached hydrogens (tertiary/aromatic N) is 1. The van der Waals surface area contributed by atoms with E-state index in [0.717, 1.165) is 23.3 Å². The molecule has 1 aliphatic heterocycles. The number of hydrogen-bond acceptors (Lipinski definition) is 5. The fourth-order valence-electron chi connectivity index (χ4n) is 4.57. The van der Waals surface area contributed by atoms with Gasteiger partial charge in [-0.25, -0.2) is 22.2 Å². The summed E-state index contributed by atoms with van der Waals surface area (Å²) in [7, 11) is -3.86. The normalized spacial score (nSPS) is 17.4. The van der Waals surface area contributed by atoms with E-state index in [1.165, 1.54) is 6.20 Å². The van der Waals surface area contributed by atoms with Crippen LogP contribution in [0.25, 0.3) is 16.6 Å². The van der Waals surface area contributed by atoms with E-state index < -0.39 is 38.7 Å². The zero-order valence-electron chi connectivity index (χ0n) is 19.2. The van der Waals surface area contributed by atoms with E-state index in [4.69, 9.17) is 0 Å². The summed E-state index contributed by atoms with van der Waals surface area (Å²) in [5.41, 5.74) is 1.35. The maximum absolute atomic E-state index is 15.2. The Morgan fingerprint density at radius 3 is 2.83 bits per heavy atom. The van der Waals surface area contributed by atoms with Crippen LogP contribution in [0.3, 0.4) is 0 Å². The average Bonchev–Trinajstić information content (AvgIpc) is 3.43. The van der Waals surface area contributed by atoms with E-state index >= 15 is 4.39 Å². The summed E-state index contributed by atoms with van der Waals surface area (Å²) in [6.07, 6.45) is 7.47. The summed E-state index contributed by atoms with van der Waals surface area (Å²) in [5, 5.41) is 3.18. The van der Waals surface area contributed by atoms with E-state index in [1.54, 1.807) is 25.3 Å². The summed E-state index contributed by atoms with van der Waals surface area (Å²) in [4.78, 5) is 32.4. The molecular weight excluding hydrogens is 490 g/mol. The first-order valence-electron chi connectivity index (χ1n) is 11.4. The van der Waals surface area contributed by atoms with E-state index in [0.29, 0.717) is 36.0 Å². The Morgan fingerprint density at radius 2 is 2.06 bits per heavy atom. The molecule has 0 saturated carbocycles. The molecule has 0 bridgehead atoms. The first-order valence-corrected chi connectivity index (χ1v) is 13.0. The molecule has 36 heavy (non-hydrogen) atoms. The molecule has 2 aliphatic rings. The average molecular weight is 513 g/mol. The smallest absolute Gasteiger partial charge is 0.247 e. The second-order valence-electron chi connectivity index (χ2n) is 8.78. The van der Waals surface area contributed by atoms with Crippen LogP contribution in [-0.2, 0) is 14.8 Å². The molecule has 1 aliphatic carbocycles. The number of anilines is 1. The molecular formula is C25H22F2N4O4S. The number of rotatable bonds is 7. The maximum Gasteiger partial charge on any atom is 0.247 e. The van der Waals surface area contributed by atoms with Crippen molar-refractivity contribution in [1.82, 2.24) is 15.3 Å². The van der Waals surface area contributed by atoms with Gasteiger partial charge < -0.3 is 10.3 Å². The van der Waals surface area contributed by atoms with Gasteiger partial charge in [0.1, 0.15) is 11.5 Å². The first-order chi connectivity index (χ1) is 17.2. The van der Waals surface area contributed by atoms with Gasteiger partial charge >= 0.3 is 0 Å². The Hall–Kier alpha value is -3.86. The Bertz CT molecular complexity index is 1590. The van der Waals surface area contributed by atoms with E-state index in [1.807, 2.05) is 6.08 Å². The van der Waals surface area contributed by atoms with Gasteiger partial charge in [-0.1, -0.05) is 19.1 Å². The highest BCUT2D eigenvalue weighted by Gasteiger charge is 2.31. The number of nitrogens with one attached hydrogen (secondary N) is 3. The van der Waals surface area contributed by atoms with Crippen molar-refractivity contribution in [3.8, 4) is 0 Å². The van der Waals surface area contributed by atoms with Gasteiger partial charge in [0, 0.05) is 41.4 Å². The minimum atomic E-state index is -3.86. The molecule has 3 N–H and O–H groups in total. The number of fused-ring (bicyclic) bond motifs is 2. The van der Waals surface area contributed by atoms with Gasteiger partial charge in [-0.3, -0.25) is 14.3 Å². The lowest BCUT2D eigenvalue weighted by Gasteiger charge is -2.17. The zero-order chi connectivity index (χ0) is 25.6. The molecule has 8 nitrogen and oxygen atoms in total. The molecule has 2 aromatic heterocycles. The van der Waals surface area contributed by atoms with Gasteiger partial charge in [-0.15, -0.1) is 0 Å². The number of benzene rings is 1. The SMILES string of the molecule is CCCS(=O)(=O)Nc1ccc(F)c(C(=O)c2c[nH]c3ncc(C4=CC=C5C(=O)NCC5C4)cc23)c1F. The molecule has 1 atom stereocenters. The molecule has 186 valence electrons. The van der Waals surface area contributed by atoms with Crippen molar-refractivity contribution < 1.29 is 26.8 Å². The van der Waals surface area contributed by atoms with E-state index in [9.17, 15) is 22.4 Å². The Morgan fingerprint density at radius 1 is 1.25 bits per heavy atom. The summed E-state index contributed by atoms with van der Waals surface area (Å²) in [6, 6.07) is 3.51. The highest BCUT2D eigenvalue weighted by Crippen LogP contribution is 2.35. The third-order valence-electron chi connectivity index (χ3n) is 6.34. The minimum absolute atomic E-state index is 0.00364. The summed E-state index contributed by atoms with van der Waals surface area (Å²) in [6.45, 7) is 2.19. The predicted octanol–water partition coefficient (Wildman–Crippen LogP) is 3.68. The van der Waals surface area contributed by atoms with Crippen LogP contribution in [0.2, 0.25) is 0 Å². The van der Waals surface area contributed by atoms with Gasteiger partial charge in [0.25, 0.3) is 0 Å². The number of aromatic amines is 1. The van der Waals surface area contributed by atoms with Crippen LogP contribution in [0.15, 0.2) is 48.3 Å². The molecule has 3 aromatic rings. The molecule has 1 saturated heterocycles. The first kappa shape index (κ1) is 23.9. The molecule has 11 heteroatoms. The summed E-state index contributed by atoms with van der Waals surface area (Å²) < 4.78 is 56.1. The number of carbonyl (C=O) groups is 2. The lowest BCUT2D eigenvalue weighted by molar-refractivity contribution is -0.116. The maximum atomic E-state index is 15.2. The lowest BCUT2D eigenvalue weighted by Crippen LogP contribution is -2.18. The molecule has 1 fully saturated rings. The van der Waals surface area contributed by atoms with Crippen LogP contribution in [0.5, 0.6) is 0 Å². The second-order valence-corrected chi connectivity index (χ2v) is 10.6. The third kappa shape index (κ3) is 4.19. The molecule has 5 rings (SSSR count). The summed E-state index contributed by atoms with van der Waals surface area (Å²) >= 11 is 0. The van der Waals surface area contributed by atoms with Crippen LogP contribution < -0.4 is 10.0 Å². The number of H-pyrrole nitrogens is 1. The Balaban J connectivity index is 1.52. The molecule has 1 aromatic carbocycles. The highest BCUT2D eigenvalue weighted by atomic mass is 32.2. The van der Waals surface area contributed by atoms with Crippen LogP contribution in [0, 0.1) is 17.6 Å². The summed E-state index contributed by atoms with van der Waals surface area (Å²) in [5.74, 6) is -3.63. The quantitative estimate of drug-likeness (QED) is 0.417. The van der Waals surface area contributed by atoms with Gasteiger partial charge in [0.15, 0.2) is 5.82 Å². The van der Waals surface area contributed by atoms with Crippen LogP contribution in [-0.4, -0.2) is 42.4 Å². The number of halogens is 2. The number of hydrogen-bond donors (Lipinski definition) is 3. The van der Waals surface area contributed by atoms with Crippen molar-refractivity contribution in [3.05, 3.63) is 76.6 Å². The fraction of sp³-hybridized carbons (Fsp3) is 0.240. The Kier molecular flexibility index (Phi) is 5.95. The number of allylic oxidation sites excluding steroid dienone is 3. The lowest BCUT2D eigenvalue weighted by atomic mass is 9.86. The number of sulfonamides is 1. The second kappa shape index (κ2) is 8.98. The molecule has 0 spiro atoms. The fourth-order valence-corrected chi connectivity index (χ4v) is 5.71. The van der Waals surface area contributed by atoms with Crippen LogP contribution in [0.4, 0.5) is 14.5 Å². The van der Waals surface area contributed by atoms with Crippen LogP contribution in [0.1, 0.15) is 41.3 Å². The topological polar surface area (TPSA) is 121 Å². The standard InChI is InChI=1S/C25H22F2N4O4S/c1-2-7-36(34,35)31-20-6-5-19(26)21(22(20)27)23(32)18-12-29-24-17(18)9-14(10-28-24)13-3-4-16-15(8-13)11-30-25(16)33/h3-6,9-10,12,15,31H,2,7-8,11H2,1H3,(H,28,29)(H,30,33). The van der Waals surface area contributed by atoms with Gasteiger partial charge in [-0.2, -0.15) is 0 Å². The van der Waals surface area contributed by atoms with Crippen molar-refractivity contribution >= 4 is 44.0 Å². The van der Waals surface area contributed by atoms with Gasteiger partial charge in [0.2, 0.25) is 21.7 Å². The van der Waals surface area contributed by atoms with Gasteiger partial charge in [-0.05, 0) is 42.2 Å². The van der Waals surface area contributed by atoms with Crippen LogP contribution >= 0.6 is 0 Å². The number of amides is 1. The van der Waals surface area contributed by atoms with Crippen molar-refractivity contribution in [2.24, 2.45) is 5.92 Å². The van der Waals surface area contributed by atoms with Crippen molar-refractivity contribution in [1.29, 1.82) is 0 Å². The zero-order valence-corrected chi connectivity index (χ0v) is 20.0. The van der Waals surface area contributed by atoms with E-state index in [2.05, 4.69) is 20.0 Å². The Labute approximate surface area is 205 Å². The van der Waals surface area contributed by atoms with E-state index in [-0.39, 0.29) is 23.1 Å². The van der Waals surface area contributed by atoms with Gasteiger partial charge in [0.05, 0.1) is 17.0 Å². The molecule has 1 unspecified atom stereocenters.